The molecule has 0 amide bonds. The lowest BCUT2D eigenvalue weighted by molar-refractivity contribution is -0.260. The van der Waals surface area contributed by atoms with E-state index in [1.807, 2.05) is 14.2 Å². The number of piperidine rings is 1. The molecule has 0 saturated carbocycles. The average molecular weight is 398 g/mol. The Balaban J connectivity index is 3.16. The minimum Gasteiger partial charge on any atom is -0.352 e. The first kappa shape index (κ1) is 25.9. The Bertz CT molecular complexity index is 412. The van der Waals surface area contributed by atoms with Crippen molar-refractivity contribution in [2.24, 2.45) is 5.92 Å². The number of methoxy groups -OCH3 is 2. The molecule has 0 aromatic carbocycles. The van der Waals surface area contributed by atoms with Gasteiger partial charge in [0.2, 0.25) is 0 Å². The molecule has 3 heteroatoms. The van der Waals surface area contributed by atoms with Gasteiger partial charge < -0.3 is 9.47 Å². The van der Waals surface area contributed by atoms with Crippen molar-refractivity contribution in [3.05, 3.63) is 0 Å². The lowest BCUT2D eigenvalue weighted by Gasteiger charge is -2.59. The summed E-state index contributed by atoms with van der Waals surface area (Å²) in [5, 5.41) is 0. The van der Waals surface area contributed by atoms with Gasteiger partial charge in [0.25, 0.3) is 0 Å². The number of rotatable bonds is 13. The summed E-state index contributed by atoms with van der Waals surface area (Å²) in [5.74, 6) is 0.159. The fourth-order valence-corrected chi connectivity index (χ4v) is 5.73. The molecule has 1 heterocycles. The van der Waals surface area contributed by atoms with Crippen LogP contribution in [0.2, 0.25) is 0 Å². The summed E-state index contributed by atoms with van der Waals surface area (Å²) in [5.41, 5.74) is 0.313. The van der Waals surface area contributed by atoms with Crippen LogP contribution in [0, 0.1) is 5.92 Å². The molecule has 0 bridgehead atoms. The summed E-state index contributed by atoms with van der Waals surface area (Å²) in [6.07, 6.45) is 14.2. The highest BCUT2D eigenvalue weighted by atomic mass is 16.7. The Hall–Kier alpha value is -0.120. The van der Waals surface area contributed by atoms with Crippen molar-refractivity contribution in [2.75, 3.05) is 14.2 Å². The number of ether oxygens (including phenoxy) is 2. The van der Waals surface area contributed by atoms with E-state index in [4.69, 9.17) is 9.47 Å². The van der Waals surface area contributed by atoms with Crippen LogP contribution in [0.25, 0.3) is 0 Å². The quantitative estimate of drug-likeness (QED) is 0.242. The van der Waals surface area contributed by atoms with E-state index < -0.39 is 5.79 Å². The largest absolute Gasteiger partial charge is 0.352 e. The third-order valence-electron chi connectivity index (χ3n) is 7.33. The van der Waals surface area contributed by atoms with E-state index in [1.54, 1.807) is 0 Å². The van der Waals surface area contributed by atoms with Crippen LogP contribution in [0.15, 0.2) is 0 Å². The normalized spacial score (nSPS) is 22.2. The van der Waals surface area contributed by atoms with Gasteiger partial charge in [-0.1, -0.05) is 58.8 Å². The standard InChI is InChI=1S/C25H51NO2/c1-10-12-13-14-17-21(16-11-2)20-22(25(7,27-8)28-9)26-23(3,4)18-15-19-24(26,5)6/h21-22H,10-20H2,1-9H3. The summed E-state index contributed by atoms with van der Waals surface area (Å²) in [6.45, 7) is 16.5. The highest BCUT2D eigenvalue weighted by Crippen LogP contribution is 2.45. The van der Waals surface area contributed by atoms with Crippen LogP contribution in [-0.4, -0.2) is 42.0 Å². The van der Waals surface area contributed by atoms with Crippen LogP contribution in [0.5, 0.6) is 0 Å². The first-order valence-corrected chi connectivity index (χ1v) is 12.0. The highest BCUT2D eigenvalue weighted by Gasteiger charge is 2.51. The molecule has 0 N–H and O–H groups in total. The Morgan fingerprint density at radius 3 is 1.89 bits per heavy atom. The van der Waals surface area contributed by atoms with Gasteiger partial charge in [-0.3, -0.25) is 4.90 Å². The number of hydrogen-bond acceptors (Lipinski definition) is 3. The first-order chi connectivity index (χ1) is 13.1. The average Bonchev–Trinajstić information content (AvgIpc) is 2.62. The van der Waals surface area contributed by atoms with E-state index in [9.17, 15) is 0 Å². The molecule has 0 aliphatic carbocycles. The summed E-state index contributed by atoms with van der Waals surface area (Å²) >= 11 is 0. The molecular weight excluding hydrogens is 346 g/mol. The second kappa shape index (κ2) is 11.3. The molecule has 3 nitrogen and oxygen atoms in total. The van der Waals surface area contributed by atoms with Gasteiger partial charge in [0.1, 0.15) is 0 Å². The van der Waals surface area contributed by atoms with Crippen LogP contribution >= 0.6 is 0 Å². The predicted molar refractivity (Wildman–Crippen MR) is 122 cm³/mol. The maximum absolute atomic E-state index is 6.05. The summed E-state index contributed by atoms with van der Waals surface area (Å²) in [4.78, 5) is 2.77. The lowest BCUT2D eigenvalue weighted by atomic mass is 9.75. The minimum atomic E-state index is -0.582. The van der Waals surface area contributed by atoms with Gasteiger partial charge in [-0.15, -0.1) is 0 Å². The van der Waals surface area contributed by atoms with E-state index in [0.29, 0.717) is 0 Å². The number of nitrogens with zero attached hydrogens (tertiary/aromatic N) is 1. The van der Waals surface area contributed by atoms with Crippen LogP contribution in [0.1, 0.15) is 119 Å². The van der Waals surface area contributed by atoms with Gasteiger partial charge >= 0.3 is 0 Å². The van der Waals surface area contributed by atoms with Crippen LogP contribution < -0.4 is 0 Å². The smallest absolute Gasteiger partial charge is 0.180 e. The molecule has 0 radical (unpaired) electrons. The molecule has 1 saturated heterocycles. The molecule has 2 atom stereocenters. The first-order valence-electron chi connectivity index (χ1n) is 12.0. The van der Waals surface area contributed by atoms with E-state index in [2.05, 4.69) is 53.4 Å². The lowest BCUT2D eigenvalue weighted by Crippen LogP contribution is -2.68. The van der Waals surface area contributed by atoms with Crippen LogP contribution in [-0.2, 0) is 9.47 Å². The Morgan fingerprint density at radius 1 is 0.857 bits per heavy atom. The highest BCUT2D eigenvalue weighted by molar-refractivity contribution is 5.03. The van der Waals surface area contributed by atoms with Crippen molar-refractivity contribution in [1.29, 1.82) is 0 Å². The van der Waals surface area contributed by atoms with Crippen molar-refractivity contribution in [2.45, 2.75) is 142 Å². The van der Waals surface area contributed by atoms with Crippen molar-refractivity contribution in [1.82, 2.24) is 4.90 Å². The van der Waals surface area contributed by atoms with Crippen molar-refractivity contribution in [3.63, 3.8) is 0 Å². The zero-order valence-electron chi connectivity index (χ0n) is 20.7. The SMILES string of the molecule is CCCCCCC(CCC)CC(N1C(C)(C)CCCC1(C)C)C(C)(OC)OC. The molecule has 1 rings (SSSR count). The number of unbranched alkanes of at least 4 members (excludes halogenated alkanes) is 3. The fourth-order valence-electron chi connectivity index (χ4n) is 5.73. The topological polar surface area (TPSA) is 21.7 Å². The molecule has 28 heavy (non-hydrogen) atoms. The van der Waals surface area contributed by atoms with Gasteiger partial charge in [0.15, 0.2) is 5.79 Å². The molecule has 1 aliphatic rings. The molecular formula is C25H51NO2. The molecule has 0 aromatic heterocycles. The van der Waals surface area contributed by atoms with Gasteiger partial charge in [-0.2, -0.15) is 0 Å². The third-order valence-corrected chi connectivity index (χ3v) is 7.33. The number of likely N-dealkylation sites (tertiary alicyclic amines) is 1. The van der Waals surface area contributed by atoms with Crippen LogP contribution in [0.3, 0.4) is 0 Å². The predicted octanol–water partition coefficient (Wildman–Crippen LogP) is 7.18. The Morgan fingerprint density at radius 2 is 1.43 bits per heavy atom. The fraction of sp³-hybridized carbons (Fsp3) is 1.00. The molecule has 168 valence electrons. The summed E-state index contributed by atoms with van der Waals surface area (Å²) in [6, 6.07) is 0.260. The van der Waals surface area contributed by atoms with E-state index >= 15 is 0 Å². The van der Waals surface area contributed by atoms with E-state index in [0.717, 1.165) is 12.3 Å². The molecule has 1 fully saturated rings. The number of hydrogen-bond donors (Lipinski definition) is 0. The maximum Gasteiger partial charge on any atom is 0.180 e. The maximum atomic E-state index is 6.05. The van der Waals surface area contributed by atoms with Crippen molar-refractivity contribution >= 4 is 0 Å². The molecule has 0 spiro atoms. The zero-order chi connectivity index (χ0) is 21.4. The zero-order valence-corrected chi connectivity index (χ0v) is 20.7. The molecule has 1 aliphatic heterocycles. The van der Waals surface area contributed by atoms with Gasteiger partial charge in [0, 0.05) is 25.3 Å². The Labute approximate surface area is 176 Å². The van der Waals surface area contributed by atoms with Crippen molar-refractivity contribution in [3.8, 4) is 0 Å². The third kappa shape index (κ3) is 6.71. The van der Waals surface area contributed by atoms with E-state index in [-0.39, 0.29) is 17.1 Å². The van der Waals surface area contributed by atoms with Crippen molar-refractivity contribution < 1.29 is 9.47 Å². The van der Waals surface area contributed by atoms with Gasteiger partial charge in [-0.25, -0.2) is 0 Å². The monoisotopic (exact) mass is 397 g/mol. The molecule has 2 unspecified atom stereocenters. The van der Waals surface area contributed by atoms with Gasteiger partial charge in [0.05, 0.1) is 6.04 Å². The summed E-state index contributed by atoms with van der Waals surface area (Å²) < 4.78 is 12.1. The van der Waals surface area contributed by atoms with Gasteiger partial charge in [-0.05, 0) is 66.2 Å². The minimum absolute atomic E-state index is 0.156. The summed E-state index contributed by atoms with van der Waals surface area (Å²) in [7, 11) is 3.63. The van der Waals surface area contributed by atoms with Crippen LogP contribution in [0.4, 0.5) is 0 Å². The second-order valence-corrected chi connectivity index (χ2v) is 10.5. The van der Waals surface area contributed by atoms with E-state index in [1.165, 1.54) is 64.2 Å². The molecule has 0 aromatic rings. The Kier molecular flexibility index (Phi) is 10.5. The second-order valence-electron chi connectivity index (χ2n) is 10.5.